The molecule has 1 N–H and O–H groups in total. The zero-order valence-corrected chi connectivity index (χ0v) is 13.8. The van der Waals surface area contributed by atoms with E-state index in [1.54, 1.807) is 7.11 Å². The molecule has 1 fully saturated rings. The number of hydrogen-bond donors (Lipinski definition) is 1. The van der Waals surface area contributed by atoms with Crippen LogP contribution < -0.4 is 0 Å². The molecule has 0 amide bonds. The fraction of sp³-hybridized carbons (Fsp3) is 1.00. The maximum Gasteiger partial charge on any atom is 0.186 e. The standard InChI is InChI=1S/C16H32O5/c1-4-6-8-10-19-14-13(12-17)21-16(18-3)15(14)20-11-9-7-5-2/h13-17H,4-12H2,1-3H3. The van der Waals surface area contributed by atoms with Crippen LogP contribution in [0.2, 0.25) is 0 Å². The summed E-state index contributed by atoms with van der Waals surface area (Å²) in [6.45, 7) is 5.60. The van der Waals surface area contributed by atoms with Gasteiger partial charge in [0, 0.05) is 20.3 Å². The molecule has 0 bridgehead atoms. The van der Waals surface area contributed by atoms with Crippen LogP contribution in [0.1, 0.15) is 52.4 Å². The third-order valence-electron chi connectivity index (χ3n) is 3.80. The van der Waals surface area contributed by atoms with E-state index in [2.05, 4.69) is 13.8 Å². The lowest BCUT2D eigenvalue weighted by Crippen LogP contribution is -2.39. The van der Waals surface area contributed by atoms with Crippen molar-refractivity contribution in [2.45, 2.75) is 77.0 Å². The van der Waals surface area contributed by atoms with E-state index in [0.717, 1.165) is 38.5 Å². The maximum absolute atomic E-state index is 9.46. The van der Waals surface area contributed by atoms with Crippen LogP contribution in [-0.2, 0) is 18.9 Å². The minimum Gasteiger partial charge on any atom is -0.394 e. The van der Waals surface area contributed by atoms with E-state index >= 15 is 0 Å². The van der Waals surface area contributed by atoms with Crippen LogP contribution in [0.3, 0.4) is 0 Å². The summed E-state index contributed by atoms with van der Waals surface area (Å²) in [6.07, 6.45) is 5.32. The average molecular weight is 304 g/mol. The van der Waals surface area contributed by atoms with Gasteiger partial charge in [-0.2, -0.15) is 0 Å². The van der Waals surface area contributed by atoms with Gasteiger partial charge in [0.25, 0.3) is 0 Å². The quantitative estimate of drug-likeness (QED) is 0.561. The lowest BCUT2D eigenvalue weighted by molar-refractivity contribution is -0.166. The van der Waals surface area contributed by atoms with Gasteiger partial charge in [0.05, 0.1) is 6.61 Å². The van der Waals surface area contributed by atoms with Gasteiger partial charge in [0.1, 0.15) is 18.3 Å². The van der Waals surface area contributed by atoms with Crippen molar-refractivity contribution in [3.05, 3.63) is 0 Å². The summed E-state index contributed by atoms with van der Waals surface area (Å²) < 4.78 is 22.9. The SMILES string of the molecule is CCCCCOC1C(CO)OC(OC)C1OCCCCC. The van der Waals surface area contributed by atoms with Crippen molar-refractivity contribution in [1.82, 2.24) is 0 Å². The summed E-state index contributed by atoms with van der Waals surface area (Å²) in [6, 6.07) is 0. The Morgan fingerprint density at radius 2 is 1.48 bits per heavy atom. The Bertz CT molecular complexity index is 225. The normalized spacial score (nSPS) is 29.1. The highest BCUT2D eigenvalue weighted by molar-refractivity contribution is 4.89. The number of unbranched alkanes of at least 4 members (excludes halogenated alkanes) is 4. The van der Waals surface area contributed by atoms with Gasteiger partial charge in [-0.15, -0.1) is 0 Å². The predicted octanol–water partition coefficient (Wildman–Crippen LogP) is 2.50. The first-order valence-electron chi connectivity index (χ1n) is 8.30. The van der Waals surface area contributed by atoms with Gasteiger partial charge < -0.3 is 24.1 Å². The van der Waals surface area contributed by atoms with E-state index in [0.29, 0.717) is 13.2 Å². The second-order valence-electron chi connectivity index (χ2n) is 5.55. The molecule has 1 aliphatic heterocycles. The van der Waals surface area contributed by atoms with Crippen LogP contribution >= 0.6 is 0 Å². The zero-order chi connectivity index (χ0) is 15.5. The van der Waals surface area contributed by atoms with Crippen LogP contribution in [0.15, 0.2) is 0 Å². The third kappa shape index (κ3) is 6.20. The van der Waals surface area contributed by atoms with E-state index in [1.165, 1.54) is 0 Å². The average Bonchev–Trinajstić information content (AvgIpc) is 2.85. The Morgan fingerprint density at radius 3 is 1.95 bits per heavy atom. The van der Waals surface area contributed by atoms with E-state index in [1.807, 2.05) is 0 Å². The van der Waals surface area contributed by atoms with Gasteiger partial charge in [0.2, 0.25) is 0 Å². The minimum atomic E-state index is -0.458. The van der Waals surface area contributed by atoms with Gasteiger partial charge in [-0.05, 0) is 12.8 Å². The number of aliphatic hydroxyl groups is 1. The summed E-state index contributed by atoms with van der Waals surface area (Å²) in [5, 5.41) is 9.46. The Balaban J connectivity index is 2.48. The fourth-order valence-corrected chi connectivity index (χ4v) is 2.55. The molecule has 0 aromatic heterocycles. The largest absolute Gasteiger partial charge is 0.394 e. The summed E-state index contributed by atoms with van der Waals surface area (Å²) >= 11 is 0. The van der Waals surface area contributed by atoms with Gasteiger partial charge in [-0.3, -0.25) is 0 Å². The molecule has 126 valence electrons. The second kappa shape index (κ2) is 11.4. The molecule has 0 radical (unpaired) electrons. The number of rotatable bonds is 12. The molecule has 0 spiro atoms. The first kappa shape index (κ1) is 18.8. The van der Waals surface area contributed by atoms with Crippen LogP contribution in [0.25, 0.3) is 0 Å². The van der Waals surface area contributed by atoms with Crippen molar-refractivity contribution in [2.75, 3.05) is 26.9 Å². The van der Waals surface area contributed by atoms with E-state index < -0.39 is 6.29 Å². The molecule has 21 heavy (non-hydrogen) atoms. The van der Waals surface area contributed by atoms with E-state index in [-0.39, 0.29) is 24.9 Å². The van der Waals surface area contributed by atoms with Gasteiger partial charge in [-0.1, -0.05) is 39.5 Å². The first-order chi connectivity index (χ1) is 10.3. The summed E-state index contributed by atoms with van der Waals surface area (Å²) in [5.74, 6) is 0. The predicted molar refractivity (Wildman–Crippen MR) is 81.3 cm³/mol. The highest BCUT2D eigenvalue weighted by atomic mass is 16.7. The van der Waals surface area contributed by atoms with Crippen LogP contribution in [-0.4, -0.2) is 56.6 Å². The maximum atomic E-state index is 9.46. The molecule has 1 aliphatic rings. The Labute approximate surface area is 128 Å². The van der Waals surface area contributed by atoms with E-state index in [9.17, 15) is 5.11 Å². The Kier molecular flexibility index (Phi) is 10.2. The number of ether oxygens (including phenoxy) is 4. The van der Waals surface area contributed by atoms with Crippen molar-refractivity contribution in [3.63, 3.8) is 0 Å². The molecule has 0 aliphatic carbocycles. The number of hydrogen-bond acceptors (Lipinski definition) is 5. The Hall–Kier alpha value is -0.200. The molecular weight excluding hydrogens is 272 g/mol. The summed E-state index contributed by atoms with van der Waals surface area (Å²) in [5.41, 5.74) is 0. The smallest absolute Gasteiger partial charge is 0.186 e. The molecule has 1 heterocycles. The van der Waals surface area contributed by atoms with Crippen molar-refractivity contribution < 1.29 is 24.1 Å². The monoisotopic (exact) mass is 304 g/mol. The van der Waals surface area contributed by atoms with Gasteiger partial charge in [-0.25, -0.2) is 0 Å². The summed E-state index contributed by atoms with van der Waals surface area (Å²) in [7, 11) is 1.60. The molecule has 5 heteroatoms. The third-order valence-corrected chi connectivity index (χ3v) is 3.80. The van der Waals surface area contributed by atoms with Crippen molar-refractivity contribution in [2.24, 2.45) is 0 Å². The number of aliphatic hydroxyl groups excluding tert-OH is 1. The number of methoxy groups -OCH3 is 1. The molecule has 1 saturated heterocycles. The zero-order valence-electron chi connectivity index (χ0n) is 13.8. The molecule has 4 atom stereocenters. The van der Waals surface area contributed by atoms with Crippen LogP contribution in [0.4, 0.5) is 0 Å². The molecule has 4 unspecified atom stereocenters. The lowest BCUT2D eigenvalue weighted by atomic mass is 10.1. The second-order valence-corrected chi connectivity index (χ2v) is 5.55. The minimum absolute atomic E-state index is 0.0763. The van der Waals surface area contributed by atoms with E-state index in [4.69, 9.17) is 18.9 Å². The van der Waals surface area contributed by atoms with Gasteiger partial charge in [0.15, 0.2) is 6.29 Å². The highest BCUT2D eigenvalue weighted by Gasteiger charge is 2.46. The summed E-state index contributed by atoms with van der Waals surface area (Å²) in [4.78, 5) is 0. The molecule has 0 saturated carbocycles. The Morgan fingerprint density at radius 1 is 0.905 bits per heavy atom. The van der Waals surface area contributed by atoms with Crippen molar-refractivity contribution >= 4 is 0 Å². The topological polar surface area (TPSA) is 57.2 Å². The molecular formula is C16H32O5. The molecule has 0 aromatic rings. The van der Waals surface area contributed by atoms with Crippen molar-refractivity contribution in [3.8, 4) is 0 Å². The fourth-order valence-electron chi connectivity index (χ4n) is 2.55. The molecule has 0 aromatic carbocycles. The van der Waals surface area contributed by atoms with Gasteiger partial charge >= 0.3 is 0 Å². The molecule has 5 nitrogen and oxygen atoms in total. The van der Waals surface area contributed by atoms with Crippen LogP contribution in [0, 0.1) is 0 Å². The van der Waals surface area contributed by atoms with Crippen LogP contribution in [0.5, 0.6) is 0 Å². The molecule has 1 rings (SSSR count). The lowest BCUT2D eigenvalue weighted by Gasteiger charge is -2.24. The highest BCUT2D eigenvalue weighted by Crippen LogP contribution is 2.27. The van der Waals surface area contributed by atoms with Crippen molar-refractivity contribution in [1.29, 1.82) is 0 Å². The first-order valence-corrected chi connectivity index (χ1v) is 8.30.